The van der Waals surface area contributed by atoms with Gasteiger partial charge in [0.05, 0.1) is 18.2 Å². The van der Waals surface area contributed by atoms with Crippen molar-refractivity contribution in [3.63, 3.8) is 0 Å². The van der Waals surface area contributed by atoms with Gasteiger partial charge in [-0.1, -0.05) is 17.7 Å². The number of methoxy groups -OCH3 is 1. The fourth-order valence-electron chi connectivity index (χ4n) is 1.97. The number of rotatable bonds is 4. The van der Waals surface area contributed by atoms with Crippen LogP contribution in [0, 0.1) is 5.82 Å². The van der Waals surface area contributed by atoms with Crippen molar-refractivity contribution < 1.29 is 14.2 Å². The van der Waals surface area contributed by atoms with Gasteiger partial charge in [0.2, 0.25) is 0 Å². The molecular weight excluding hydrogens is 281 g/mol. The molecule has 20 heavy (non-hydrogen) atoms. The molecule has 0 radical (unpaired) electrons. The van der Waals surface area contributed by atoms with Crippen molar-refractivity contribution in [3.8, 4) is 11.5 Å². The Bertz CT molecular complexity index is 619. The van der Waals surface area contributed by atoms with E-state index in [0.29, 0.717) is 16.3 Å². The fraction of sp³-hybridized carbons (Fsp3) is 0.200. The van der Waals surface area contributed by atoms with E-state index >= 15 is 0 Å². The van der Waals surface area contributed by atoms with Crippen LogP contribution >= 0.6 is 11.6 Å². The highest BCUT2D eigenvalue weighted by molar-refractivity contribution is 6.32. The van der Waals surface area contributed by atoms with Crippen LogP contribution in [0.25, 0.3) is 0 Å². The van der Waals surface area contributed by atoms with Crippen molar-refractivity contribution in [1.82, 2.24) is 0 Å². The van der Waals surface area contributed by atoms with E-state index in [1.807, 2.05) is 13.0 Å². The Morgan fingerprint density at radius 1 is 1.25 bits per heavy atom. The van der Waals surface area contributed by atoms with Gasteiger partial charge < -0.3 is 15.2 Å². The summed E-state index contributed by atoms with van der Waals surface area (Å²) in [6, 6.07) is 9.07. The summed E-state index contributed by atoms with van der Waals surface area (Å²) in [6.45, 7) is 1.87. The highest BCUT2D eigenvalue weighted by Gasteiger charge is 2.12. The zero-order valence-corrected chi connectivity index (χ0v) is 11.9. The van der Waals surface area contributed by atoms with Gasteiger partial charge in [0.15, 0.2) is 0 Å². The third-order valence-corrected chi connectivity index (χ3v) is 3.29. The van der Waals surface area contributed by atoms with Gasteiger partial charge in [-0.2, -0.15) is 0 Å². The molecule has 0 aliphatic carbocycles. The fourth-order valence-corrected chi connectivity index (χ4v) is 2.22. The molecule has 0 aliphatic heterocycles. The number of hydrogen-bond donors (Lipinski definition) is 2. The van der Waals surface area contributed by atoms with E-state index in [1.165, 1.54) is 6.07 Å². The number of benzene rings is 2. The van der Waals surface area contributed by atoms with E-state index in [2.05, 4.69) is 5.32 Å². The number of nitrogens with one attached hydrogen (secondary N) is 1. The number of phenolic OH excluding ortho intramolecular Hbond substituents is 1. The summed E-state index contributed by atoms with van der Waals surface area (Å²) in [5, 5.41) is 13.4. The second kappa shape index (κ2) is 6.01. The maximum Gasteiger partial charge on any atom is 0.137 e. The van der Waals surface area contributed by atoms with E-state index < -0.39 is 5.82 Å². The Kier molecular flexibility index (Phi) is 4.35. The topological polar surface area (TPSA) is 41.5 Å². The minimum Gasteiger partial charge on any atom is -0.507 e. The molecule has 0 aliphatic rings. The Morgan fingerprint density at radius 2 is 2.00 bits per heavy atom. The van der Waals surface area contributed by atoms with Crippen LogP contribution in [-0.4, -0.2) is 12.2 Å². The highest BCUT2D eigenvalue weighted by atomic mass is 35.5. The summed E-state index contributed by atoms with van der Waals surface area (Å²) < 4.78 is 18.0. The molecule has 0 amide bonds. The molecule has 2 aromatic rings. The number of aromatic hydroxyl groups is 1. The van der Waals surface area contributed by atoms with Crippen LogP contribution in [0.4, 0.5) is 10.1 Å². The maximum absolute atomic E-state index is 13.0. The van der Waals surface area contributed by atoms with Crippen molar-refractivity contribution in [2.45, 2.75) is 13.0 Å². The van der Waals surface area contributed by atoms with E-state index in [1.54, 1.807) is 25.3 Å². The predicted molar refractivity (Wildman–Crippen MR) is 78.1 cm³/mol. The molecule has 0 bridgehead atoms. The number of halogens is 2. The molecule has 0 spiro atoms. The molecule has 0 saturated heterocycles. The molecule has 106 valence electrons. The van der Waals surface area contributed by atoms with Crippen molar-refractivity contribution in [2.75, 3.05) is 12.4 Å². The second-order valence-electron chi connectivity index (χ2n) is 4.42. The molecule has 2 rings (SSSR count). The second-order valence-corrected chi connectivity index (χ2v) is 4.83. The number of hydrogen-bond acceptors (Lipinski definition) is 3. The predicted octanol–water partition coefficient (Wildman–Crippen LogP) is 4.37. The molecule has 0 aromatic heterocycles. The molecule has 1 atom stereocenters. The van der Waals surface area contributed by atoms with E-state index in [9.17, 15) is 9.50 Å². The van der Waals surface area contributed by atoms with E-state index in [0.717, 1.165) is 11.8 Å². The van der Waals surface area contributed by atoms with E-state index in [4.69, 9.17) is 16.3 Å². The number of ether oxygens (including phenoxy) is 1. The minimum absolute atomic E-state index is 0.0791. The molecule has 3 nitrogen and oxygen atoms in total. The lowest BCUT2D eigenvalue weighted by Gasteiger charge is -2.17. The zero-order chi connectivity index (χ0) is 14.7. The van der Waals surface area contributed by atoms with Gasteiger partial charge in [0.25, 0.3) is 0 Å². The van der Waals surface area contributed by atoms with Gasteiger partial charge in [0.1, 0.15) is 17.3 Å². The van der Waals surface area contributed by atoms with Gasteiger partial charge in [-0.3, -0.25) is 0 Å². The standard InChI is InChI=1S/C15H15ClFNO2/c1-9(12-5-3-10(17)7-14(12)19)18-11-4-6-15(20-2)13(16)8-11/h3-9,18-19H,1-2H3. The van der Waals surface area contributed by atoms with Gasteiger partial charge in [-0.15, -0.1) is 0 Å². The van der Waals surface area contributed by atoms with Crippen LogP contribution in [0.5, 0.6) is 11.5 Å². The third-order valence-electron chi connectivity index (χ3n) is 2.99. The Hall–Kier alpha value is -1.94. The molecular formula is C15H15ClFNO2. The van der Waals surface area contributed by atoms with Crippen LogP contribution < -0.4 is 10.1 Å². The third kappa shape index (κ3) is 3.14. The first kappa shape index (κ1) is 14.5. The first-order valence-electron chi connectivity index (χ1n) is 6.09. The molecule has 0 heterocycles. The molecule has 1 unspecified atom stereocenters. The largest absolute Gasteiger partial charge is 0.507 e. The smallest absolute Gasteiger partial charge is 0.137 e. The SMILES string of the molecule is COc1ccc(NC(C)c2ccc(F)cc2O)cc1Cl. The Labute approximate surface area is 122 Å². The summed E-state index contributed by atoms with van der Waals surface area (Å²) in [4.78, 5) is 0. The molecule has 0 fully saturated rings. The van der Waals surface area contributed by atoms with Gasteiger partial charge in [0, 0.05) is 17.3 Å². The van der Waals surface area contributed by atoms with Crippen molar-refractivity contribution in [3.05, 3.63) is 52.8 Å². The van der Waals surface area contributed by atoms with Crippen LogP contribution in [0.2, 0.25) is 5.02 Å². The van der Waals surface area contributed by atoms with Gasteiger partial charge >= 0.3 is 0 Å². The van der Waals surface area contributed by atoms with Crippen molar-refractivity contribution >= 4 is 17.3 Å². The van der Waals surface area contributed by atoms with E-state index in [-0.39, 0.29) is 11.8 Å². The highest BCUT2D eigenvalue weighted by Crippen LogP contribution is 2.31. The quantitative estimate of drug-likeness (QED) is 0.880. The summed E-state index contributed by atoms with van der Waals surface area (Å²) in [7, 11) is 1.55. The lowest BCUT2D eigenvalue weighted by atomic mass is 10.1. The summed E-state index contributed by atoms with van der Waals surface area (Å²) in [5.41, 5.74) is 1.39. The normalized spacial score (nSPS) is 12.0. The molecule has 5 heteroatoms. The zero-order valence-electron chi connectivity index (χ0n) is 11.2. The number of phenols is 1. The monoisotopic (exact) mass is 295 g/mol. The summed E-state index contributed by atoms with van der Waals surface area (Å²) in [5.74, 6) is 0.0463. The summed E-state index contributed by atoms with van der Waals surface area (Å²) in [6.07, 6.45) is 0. The van der Waals surface area contributed by atoms with Crippen molar-refractivity contribution in [1.29, 1.82) is 0 Å². The Morgan fingerprint density at radius 3 is 2.60 bits per heavy atom. The van der Waals surface area contributed by atoms with Gasteiger partial charge in [-0.05, 0) is 31.2 Å². The average Bonchev–Trinajstić information content (AvgIpc) is 2.38. The summed E-state index contributed by atoms with van der Waals surface area (Å²) >= 11 is 6.05. The lowest BCUT2D eigenvalue weighted by Crippen LogP contribution is -2.07. The maximum atomic E-state index is 13.0. The van der Waals surface area contributed by atoms with Gasteiger partial charge in [-0.25, -0.2) is 4.39 Å². The van der Waals surface area contributed by atoms with Crippen LogP contribution in [0.1, 0.15) is 18.5 Å². The number of anilines is 1. The lowest BCUT2D eigenvalue weighted by molar-refractivity contribution is 0.415. The Balaban J connectivity index is 2.18. The minimum atomic E-state index is -0.467. The van der Waals surface area contributed by atoms with Crippen LogP contribution in [0.3, 0.4) is 0 Å². The molecule has 0 saturated carbocycles. The average molecular weight is 296 g/mol. The van der Waals surface area contributed by atoms with Crippen LogP contribution in [-0.2, 0) is 0 Å². The van der Waals surface area contributed by atoms with Crippen molar-refractivity contribution in [2.24, 2.45) is 0 Å². The van der Waals surface area contributed by atoms with Crippen LogP contribution in [0.15, 0.2) is 36.4 Å². The first-order valence-corrected chi connectivity index (χ1v) is 6.47. The molecule has 2 aromatic carbocycles. The first-order chi connectivity index (χ1) is 9.51. The molecule has 2 N–H and O–H groups in total.